The molecule has 0 bridgehead atoms. The Bertz CT molecular complexity index is 1020. The summed E-state index contributed by atoms with van der Waals surface area (Å²) in [6, 6.07) is 18.3. The summed E-state index contributed by atoms with van der Waals surface area (Å²) < 4.78 is 14.0. The zero-order valence-corrected chi connectivity index (χ0v) is 21.2. The number of para-hydroxylation sites is 1. The van der Waals surface area contributed by atoms with Gasteiger partial charge in [0.05, 0.1) is 29.7 Å². The number of aliphatic hydroxyl groups excluding tert-OH is 1. The van der Waals surface area contributed by atoms with Crippen LogP contribution in [0.4, 0.5) is 0 Å². The fourth-order valence-electron chi connectivity index (χ4n) is 3.81. The molecular weight excluding hydrogens is 426 g/mol. The summed E-state index contributed by atoms with van der Waals surface area (Å²) in [6.07, 6.45) is 1.55. The number of nitrogens with zero attached hydrogens (tertiary/aromatic N) is 3. The number of hydrogen-bond donors (Lipinski definition) is 1. The molecule has 1 N–H and O–H groups in total. The second kappa shape index (κ2) is 12.7. The first-order valence-corrected chi connectivity index (χ1v) is 12.3. The van der Waals surface area contributed by atoms with Crippen molar-refractivity contribution in [3.8, 4) is 17.3 Å². The van der Waals surface area contributed by atoms with E-state index in [4.69, 9.17) is 14.6 Å². The van der Waals surface area contributed by atoms with Gasteiger partial charge in [-0.05, 0) is 63.9 Å². The van der Waals surface area contributed by atoms with Crippen LogP contribution in [0.2, 0.25) is 0 Å². The fourth-order valence-corrected chi connectivity index (χ4v) is 3.81. The van der Waals surface area contributed by atoms with E-state index in [1.807, 2.05) is 60.1 Å². The fraction of sp³-hybridized carbons (Fsp3) is 0.464. The van der Waals surface area contributed by atoms with Gasteiger partial charge in [0, 0.05) is 25.7 Å². The summed E-state index contributed by atoms with van der Waals surface area (Å²) in [7, 11) is 0. The Morgan fingerprint density at radius 3 is 2.50 bits per heavy atom. The van der Waals surface area contributed by atoms with E-state index >= 15 is 0 Å². The standard InChI is InChI=1S/C28H39N3O3/c1-6-7-16-33-20-25(32)18-30(21(2)3)19-27-23(5)29-31(24-13-9-8-10-14-24)28(27)34-26-15-11-12-22(4)17-26/h8-15,17,21,25,32H,6-7,16,18-20H2,1-5H3/t25-/m1/s1. The van der Waals surface area contributed by atoms with Gasteiger partial charge in [-0.2, -0.15) is 5.10 Å². The van der Waals surface area contributed by atoms with Crippen molar-refractivity contribution in [1.82, 2.24) is 14.7 Å². The van der Waals surface area contributed by atoms with Crippen LogP contribution in [0.5, 0.6) is 11.6 Å². The molecule has 2 aromatic carbocycles. The average Bonchev–Trinajstić information content (AvgIpc) is 3.11. The van der Waals surface area contributed by atoms with Crippen LogP contribution in [0.15, 0.2) is 54.6 Å². The van der Waals surface area contributed by atoms with Gasteiger partial charge in [0.1, 0.15) is 5.75 Å². The van der Waals surface area contributed by atoms with Crippen LogP contribution in [0.3, 0.4) is 0 Å². The smallest absolute Gasteiger partial charge is 0.227 e. The lowest BCUT2D eigenvalue weighted by molar-refractivity contribution is 0.00842. The van der Waals surface area contributed by atoms with Crippen molar-refractivity contribution in [3.63, 3.8) is 0 Å². The summed E-state index contributed by atoms with van der Waals surface area (Å²) in [5.74, 6) is 1.48. The molecule has 0 spiro atoms. The van der Waals surface area contributed by atoms with E-state index in [0.717, 1.165) is 41.1 Å². The van der Waals surface area contributed by atoms with E-state index in [2.05, 4.69) is 38.7 Å². The maximum absolute atomic E-state index is 10.6. The summed E-state index contributed by atoms with van der Waals surface area (Å²) in [5.41, 5.74) is 4.00. The molecular formula is C28H39N3O3. The van der Waals surface area contributed by atoms with E-state index in [1.165, 1.54) is 0 Å². The zero-order chi connectivity index (χ0) is 24.5. The average molecular weight is 466 g/mol. The van der Waals surface area contributed by atoms with Crippen molar-refractivity contribution in [1.29, 1.82) is 0 Å². The number of benzene rings is 2. The van der Waals surface area contributed by atoms with E-state index in [0.29, 0.717) is 32.2 Å². The van der Waals surface area contributed by atoms with Gasteiger partial charge in [-0.1, -0.05) is 43.7 Å². The molecule has 1 aromatic heterocycles. The van der Waals surface area contributed by atoms with Gasteiger partial charge in [-0.25, -0.2) is 4.68 Å². The van der Waals surface area contributed by atoms with Gasteiger partial charge in [0.15, 0.2) is 0 Å². The molecule has 0 saturated carbocycles. The lowest BCUT2D eigenvalue weighted by Gasteiger charge is -2.29. The molecule has 0 saturated heterocycles. The van der Waals surface area contributed by atoms with Crippen LogP contribution >= 0.6 is 0 Å². The molecule has 1 heterocycles. The number of unbranched alkanes of at least 4 members (excludes halogenated alkanes) is 1. The Morgan fingerprint density at radius 1 is 1.06 bits per heavy atom. The summed E-state index contributed by atoms with van der Waals surface area (Å²) in [6.45, 7) is 12.6. The van der Waals surface area contributed by atoms with Gasteiger partial charge < -0.3 is 14.6 Å². The zero-order valence-electron chi connectivity index (χ0n) is 21.2. The Kier molecular flexibility index (Phi) is 9.69. The topological polar surface area (TPSA) is 59.8 Å². The number of aliphatic hydroxyl groups is 1. The quantitative estimate of drug-likeness (QED) is 0.330. The van der Waals surface area contributed by atoms with Gasteiger partial charge in [-0.3, -0.25) is 4.90 Å². The Balaban J connectivity index is 1.88. The van der Waals surface area contributed by atoms with Crippen molar-refractivity contribution in [2.45, 2.75) is 66.2 Å². The molecule has 3 rings (SSSR count). The van der Waals surface area contributed by atoms with Gasteiger partial charge >= 0.3 is 0 Å². The molecule has 0 fully saturated rings. The third kappa shape index (κ3) is 7.16. The predicted octanol–water partition coefficient (Wildman–Crippen LogP) is 5.67. The van der Waals surface area contributed by atoms with Crippen LogP contribution in [0.1, 0.15) is 50.4 Å². The molecule has 0 aliphatic heterocycles. The molecule has 0 aliphatic rings. The molecule has 0 unspecified atom stereocenters. The summed E-state index contributed by atoms with van der Waals surface area (Å²) in [4.78, 5) is 2.25. The molecule has 0 aliphatic carbocycles. The number of hydrogen-bond acceptors (Lipinski definition) is 5. The Hall–Kier alpha value is -2.67. The van der Waals surface area contributed by atoms with Crippen LogP contribution in [0, 0.1) is 13.8 Å². The molecule has 0 radical (unpaired) electrons. The normalized spacial score (nSPS) is 12.5. The highest BCUT2D eigenvalue weighted by molar-refractivity contribution is 5.43. The van der Waals surface area contributed by atoms with E-state index in [1.54, 1.807) is 0 Å². The molecule has 3 aromatic rings. The predicted molar refractivity (Wildman–Crippen MR) is 137 cm³/mol. The summed E-state index contributed by atoms with van der Waals surface area (Å²) >= 11 is 0. The van der Waals surface area contributed by atoms with Crippen LogP contribution in [-0.4, -0.2) is 51.7 Å². The summed E-state index contributed by atoms with van der Waals surface area (Å²) in [5, 5.41) is 15.5. The number of ether oxygens (including phenoxy) is 2. The second-order valence-corrected chi connectivity index (χ2v) is 9.14. The minimum Gasteiger partial charge on any atom is -0.439 e. The van der Waals surface area contributed by atoms with Gasteiger partial charge in [0.2, 0.25) is 5.88 Å². The highest BCUT2D eigenvalue weighted by Crippen LogP contribution is 2.32. The number of aromatic nitrogens is 2. The Labute approximate surface area is 204 Å². The van der Waals surface area contributed by atoms with Crippen molar-refractivity contribution in [2.75, 3.05) is 19.8 Å². The largest absolute Gasteiger partial charge is 0.439 e. The highest BCUT2D eigenvalue weighted by atomic mass is 16.5. The highest BCUT2D eigenvalue weighted by Gasteiger charge is 2.24. The third-order valence-corrected chi connectivity index (χ3v) is 5.83. The van der Waals surface area contributed by atoms with E-state index in [9.17, 15) is 5.11 Å². The van der Waals surface area contributed by atoms with Crippen molar-refractivity contribution >= 4 is 0 Å². The molecule has 184 valence electrons. The number of aryl methyl sites for hydroxylation is 2. The Morgan fingerprint density at radius 2 is 1.82 bits per heavy atom. The molecule has 6 heteroatoms. The maximum Gasteiger partial charge on any atom is 0.227 e. The van der Waals surface area contributed by atoms with Crippen LogP contribution < -0.4 is 4.74 Å². The van der Waals surface area contributed by atoms with Crippen LogP contribution in [0.25, 0.3) is 5.69 Å². The lowest BCUT2D eigenvalue weighted by Crippen LogP contribution is -2.39. The SMILES string of the molecule is CCCCOC[C@H](O)CN(Cc1c(C)nn(-c2ccccc2)c1Oc1cccc(C)c1)C(C)C. The molecule has 1 atom stereocenters. The number of rotatable bonds is 13. The first kappa shape index (κ1) is 25.9. The van der Waals surface area contributed by atoms with E-state index < -0.39 is 6.10 Å². The monoisotopic (exact) mass is 465 g/mol. The minimum atomic E-state index is -0.551. The van der Waals surface area contributed by atoms with Crippen molar-refractivity contribution in [2.24, 2.45) is 0 Å². The molecule has 0 amide bonds. The van der Waals surface area contributed by atoms with E-state index in [-0.39, 0.29) is 6.04 Å². The first-order valence-electron chi connectivity index (χ1n) is 12.3. The van der Waals surface area contributed by atoms with Gasteiger partial charge in [-0.15, -0.1) is 0 Å². The minimum absolute atomic E-state index is 0.233. The first-order chi connectivity index (χ1) is 16.4. The lowest BCUT2D eigenvalue weighted by atomic mass is 10.2. The maximum atomic E-state index is 10.6. The van der Waals surface area contributed by atoms with Crippen molar-refractivity contribution in [3.05, 3.63) is 71.4 Å². The second-order valence-electron chi connectivity index (χ2n) is 9.14. The molecule has 6 nitrogen and oxygen atoms in total. The third-order valence-electron chi connectivity index (χ3n) is 5.83. The van der Waals surface area contributed by atoms with Gasteiger partial charge in [0.25, 0.3) is 0 Å². The van der Waals surface area contributed by atoms with Crippen LogP contribution in [-0.2, 0) is 11.3 Å². The van der Waals surface area contributed by atoms with Crippen molar-refractivity contribution < 1.29 is 14.6 Å². The molecule has 34 heavy (non-hydrogen) atoms.